The third-order valence-electron chi connectivity index (χ3n) is 3.58. The number of carbonyl (C=O) groups excluding carboxylic acids is 3. The van der Waals surface area contributed by atoms with E-state index in [1.807, 2.05) is 0 Å². The van der Waals surface area contributed by atoms with Crippen LogP contribution >= 0.6 is 0 Å². The van der Waals surface area contributed by atoms with Crippen molar-refractivity contribution in [2.24, 2.45) is 5.41 Å². The van der Waals surface area contributed by atoms with Gasteiger partial charge in [-0.05, 0) is 32.9 Å². The van der Waals surface area contributed by atoms with E-state index in [9.17, 15) is 14.4 Å². The fourth-order valence-electron chi connectivity index (χ4n) is 2.22. The van der Waals surface area contributed by atoms with Crippen LogP contribution in [0.1, 0.15) is 32.6 Å². The molecule has 8 heteroatoms. The Labute approximate surface area is 137 Å². The van der Waals surface area contributed by atoms with Crippen molar-refractivity contribution in [3.63, 3.8) is 0 Å². The Morgan fingerprint density at radius 1 is 1.42 bits per heavy atom. The highest BCUT2D eigenvalue weighted by molar-refractivity contribution is 6.04. The molecule has 1 saturated heterocycles. The average Bonchev–Trinajstić information content (AvgIpc) is 3.05. The zero-order chi connectivity index (χ0) is 17.5. The summed E-state index contributed by atoms with van der Waals surface area (Å²) in [6, 6.07) is 1.74. The number of nitrogens with zero attached hydrogens (tertiary/aromatic N) is 2. The normalized spacial score (nSPS) is 18.1. The first-order valence-corrected chi connectivity index (χ1v) is 7.40. The molecule has 0 aromatic carbocycles. The molecule has 1 fully saturated rings. The summed E-state index contributed by atoms with van der Waals surface area (Å²) >= 11 is 0. The van der Waals surface area contributed by atoms with Gasteiger partial charge in [0, 0.05) is 17.8 Å². The first-order chi connectivity index (χ1) is 11.3. The van der Waals surface area contributed by atoms with Crippen LogP contribution in [0.4, 0.5) is 4.79 Å². The average molecular weight is 331 g/mol. The largest absolute Gasteiger partial charge is 0.458 e. The first-order valence-electron chi connectivity index (χ1n) is 7.40. The summed E-state index contributed by atoms with van der Waals surface area (Å²) in [4.78, 5) is 41.0. The van der Waals surface area contributed by atoms with Crippen LogP contribution in [0.15, 0.2) is 28.9 Å². The van der Waals surface area contributed by atoms with Gasteiger partial charge in [0.25, 0.3) is 5.91 Å². The van der Waals surface area contributed by atoms with Crippen molar-refractivity contribution in [3.05, 3.63) is 30.3 Å². The third kappa shape index (κ3) is 2.82. The molecule has 3 heterocycles. The van der Waals surface area contributed by atoms with Crippen molar-refractivity contribution < 1.29 is 23.5 Å². The number of pyridine rings is 1. The number of amides is 3. The molecular formula is C16H17N3O5. The van der Waals surface area contributed by atoms with Gasteiger partial charge in [-0.15, -0.1) is 0 Å². The fourth-order valence-corrected chi connectivity index (χ4v) is 2.22. The summed E-state index contributed by atoms with van der Waals surface area (Å²) in [6.07, 6.45) is 3.18. The van der Waals surface area contributed by atoms with Gasteiger partial charge in [0.1, 0.15) is 11.3 Å². The summed E-state index contributed by atoms with van der Waals surface area (Å²) < 4.78 is 10.6. The van der Waals surface area contributed by atoms with Crippen molar-refractivity contribution in [2.75, 3.05) is 6.73 Å². The molecule has 126 valence electrons. The number of rotatable bonds is 3. The molecule has 24 heavy (non-hydrogen) atoms. The molecule has 2 aromatic rings. The number of esters is 1. The van der Waals surface area contributed by atoms with Gasteiger partial charge in [0.05, 0.1) is 5.41 Å². The summed E-state index contributed by atoms with van der Waals surface area (Å²) in [6.45, 7) is 4.63. The minimum atomic E-state index is -0.946. The van der Waals surface area contributed by atoms with E-state index in [4.69, 9.17) is 9.15 Å². The Balaban J connectivity index is 1.75. The second-order valence-electron chi connectivity index (χ2n) is 6.52. The van der Waals surface area contributed by atoms with E-state index in [1.165, 1.54) is 0 Å². The van der Waals surface area contributed by atoms with E-state index in [-0.39, 0.29) is 0 Å². The molecule has 0 bridgehead atoms. The van der Waals surface area contributed by atoms with Crippen LogP contribution < -0.4 is 5.32 Å². The molecule has 1 aliphatic rings. The first kappa shape index (κ1) is 16.0. The minimum absolute atomic E-state index is 0.306. The Kier molecular flexibility index (Phi) is 3.75. The lowest BCUT2D eigenvalue weighted by atomic mass is 9.98. The van der Waals surface area contributed by atoms with Crippen molar-refractivity contribution >= 4 is 28.9 Å². The number of hydrogen-bond donors (Lipinski definition) is 1. The standard InChI is InChI=1S/C16H17N3O5/c1-16(2,3)14(21)23-8-19-13(20)12(18-15(19)22)11-6-9-7-17-5-4-10(9)24-11/h4-7,12H,8H2,1-3H3,(H,18,22). The number of fused-ring (bicyclic) bond motifs is 1. The molecule has 1 atom stereocenters. The zero-order valence-electron chi connectivity index (χ0n) is 13.5. The molecule has 2 aromatic heterocycles. The van der Waals surface area contributed by atoms with Gasteiger partial charge in [-0.1, -0.05) is 0 Å². The van der Waals surface area contributed by atoms with Gasteiger partial charge < -0.3 is 14.5 Å². The van der Waals surface area contributed by atoms with Gasteiger partial charge in [-0.25, -0.2) is 9.69 Å². The molecule has 0 saturated carbocycles. The summed E-state index contributed by atoms with van der Waals surface area (Å²) in [5.74, 6) is -0.726. The lowest BCUT2D eigenvalue weighted by Crippen LogP contribution is -2.36. The topological polar surface area (TPSA) is 102 Å². The summed E-state index contributed by atoms with van der Waals surface area (Å²) in [5.41, 5.74) is -0.149. The molecule has 0 radical (unpaired) electrons. The van der Waals surface area contributed by atoms with Crippen molar-refractivity contribution in [3.8, 4) is 0 Å². The smallest absolute Gasteiger partial charge is 0.327 e. The number of imide groups is 1. The van der Waals surface area contributed by atoms with Crippen LogP contribution in [0.5, 0.6) is 0 Å². The highest BCUT2D eigenvalue weighted by Gasteiger charge is 2.41. The van der Waals surface area contributed by atoms with Gasteiger partial charge in [0.2, 0.25) is 0 Å². The molecule has 0 aliphatic carbocycles. The van der Waals surface area contributed by atoms with Gasteiger partial charge in [-0.3, -0.25) is 14.6 Å². The van der Waals surface area contributed by atoms with Crippen LogP contribution in [-0.2, 0) is 14.3 Å². The minimum Gasteiger partial charge on any atom is -0.458 e. The third-order valence-corrected chi connectivity index (χ3v) is 3.58. The maximum Gasteiger partial charge on any atom is 0.327 e. The summed E-state index contributed by atoms with van der Waals surface area (Å²) in [7, 11) is 0. The molecular weight excluding hydrogens is 314 g/mol. The number of hydrogen-bond acceptors (Lipinski definition) is 6. The zero-order valence-corrected chi connectivity index (χ0v) is 13.5. The van der Waals surface area contributed by atoms with Crippen molar-refractivity contribution in [1.29, 1.82) is 0 Å². The second kappa shape index (κ2) is 5.63. The molecule has 3 amide bonds. The number of carbonyl (C=O) groups is 3. The highest BCUT2D eigenvalue weighted by atomic mass is 16.5. The van der Waals surface area contributed by atoms with Crippen LogP contribution in [0, 0.1) is 5.41 Å². The number of aromatic nitrogens is 1. The monoisotopic (exact) mass is 331 g/mol. The lowest BCUT2D eigenvalue weighted by Gasteiger charge is -2.19. The Bertz CT molecular complexity index is 787. The van der Waals surface area contributed by atoms with Crippen molar-refractivity contribution in [2.45, 2.75) is 26.8 Å². The molecule has 1 unspecified atom stereocenters. The quantitative estimate of drug-likeness (QED) is 0.681. The molecule has 8 nitrogen and oxygen atoms in total. The fraction of sp³-hybridized carbons (Fsp3) is 0.375. The van der Waals surface area contributed by atoms with Crippen LogP contribution in [0.2, 0.25) is 0 Å². The van der Waals surface area contributed by atoms with E-state index >= 15 is 0 Å². The number of furan rings is 1. The molecule has 1 aliphatic heterocycles. The van der Waals surface area contributed by atoms with E-state index < -0.39 is 36.1 Å². The highest BCUT2D eigenvalue weighted by Crippen LogP contribution is 2.27. The SMILES string of the molecule is CC(C)(C)C(=O)OCN1C(=O)NC(c2cc3cnccc3o2)C1=O. The number of urea groups is 1. The van der Waals surface area contributed by atoms with Gasteiger partial charge >= 0.3 is 12.0 Å². The Morgan fingerprint density at radius 3 is 2.83 bits per heavy atom. The molecule has 1 N–H and O–H groups in total. The van der Waals surface area contributed by atoms with Crippen LogP contribution in [-0.4, -0.2) is 34.5 Å². The number of ether oxygens (including phenoxy) is 1. The Hall–Kier alpha value is -2.90. The van der Waals surface area contributed by atoms with Crippen molar-refractivity contribution in [1.82, 2.24) is 15.2 Å². The predicted octanol–water partition coefficient (Wildman–Crippen LogP) is 1.97. The van der Waals surface area contributed by atoms with Crippen LogP contribution in [0.25, 0.3) is 11.0 Å². The second-order valence-corrected chi connectivity index (χ2v) is 6.52. The van der Waals surface area contributed by atoms with Gasteiger partial charge in [-0.2, -0.15) is 0 Å². The predicted molar refractivity (Wildman–Crippen MR) is 82.5 cm³/mol. The summed E-state index contributed by atoms with van der Waals surface area (Å²) in [5, 5.41) is 3.25. The van der Waals surface area contributed by atoms with E-state index in [1.54, 1.807) is 45.3 Å². The lowest BCUT2D eigenvalue weighted by molar-refractivity contribution is -0.158. The van der Waals surface area contributed by atoms with E-state index in [2.05, 4.69) is 10.3 Å². The van der Waals surface area contributed by atoms with Gasteiger partial charge in [0.15, 0.2) is 12.8 Å². The van der Waals surface area contributed by atoms with E-state index in [0.717, 1.165) is 10.3 Å². The van der Waals surface area contributed by atoms with E-state index in [0.29, 0.717) is 11.3 Å². The molecule has 0 spiro atoms. The number of nitrogens with one attached hydrogen (secondary N) is 1. The van der Waals surface area contributed by atoms with Crippen LogP contribution in [0.3, 0.4) is 0 Å². The Morgan fingerprint density at radius 2 is 2.17 bits per heavy atom. The maximum absolute atomic E-state index is 12.4. The molecule has 3 rings (SSSR count). The maximum atomic E-state index is 12.4.